The van der Waals surface area contributed by atoms with E-state index in [1.165, 1.54) is 25.9 Å². The quantitative estimate of drug-likeness (QED) is 0.747. The van der Waals surface area contributed by atoms with Crippen molar-refractivity contribution in [2.45, 2.75) is 12.8 Å². The highest BCUT2D eigenvalue weighted by molar-refractivity contribution is 5.71. The first kappa shape index (κ1) is 8.89. The average molecular weight is 204 g/mol. The molecule has 1 aliphatic heterocycles. The van der Waals surface area contributed by atoms with Gasteiger partial charge in [0, 0.05) is 24.6 Å². The van der Waals surface area contributed by atoms with Crippen molar-refractivity contribution in [3.63, 3.8) is 0 Å². The molecule has 0 amide bonds. The fourth-order valence-corrected chi connectivity index (χ4v) is 2.37. The van der Waals surface area contributed by atoms with Crippen molar-refractivity contribution in [1.82, 2.24) is 0 Å². The molecular formula is C12H16N2O. The normalized spacial score (nSPS) is 21.3. The van der Waals surface area contributed by atoms with E-state index in [9.17, 15) is 0 Å². The van der Waals surface area contributed by atoms with Gasteiger partial charge in [-0.2, -0.15) is 0 Å². The number of nitrogen functional groups attached to an aromatic ring is 1. The van der Waals surface area contributed by atoms with Crippen molar-refractivity contribution < 1.29 is 4.74 Å². The van der Waals surface area contributed by atoms with Gasteiger partial charge in [0.2, 0.25) is 0 Å². The Bertz CT molecular complexity index is 391. The van der Waals surface area contributed by atoms with E-state index in [-0.39, 0.29) is 0 Å². The van der Waals surface area contributed by atoms with Gasteiger partial charge in [-0.1, -0.05) is 0 Å². The number of nitrogens with zero attached hydrogens (tertiary/aromatic N) is 1. The Balaban J connectivity index is 1.80. The molecule has 2 N–H and O–H groups in total. The number of nitrogens with two attached hydrogens (primary N) is 1. The van der Waals surface area contributed by atoms with E-state index in [2.05, 4.69) is 11.0 Å². The molecular weight excluding hydrogens is 188 g/mol. The molecule has 1 spiro atoms. The van der Waals surface area contributed by atoms with Gasteiger partial charge in [-0.05, 0) is 25.0 Å². The minimum atomic E-state index is 0.673. The van der Waals surface area contributed by atoms with Gasteiger partial charge in [-0.15, -0.1) is 0 Å². The molecule has 0 radical (unpaired) electrons. The topological polar surface area (TPSA) is 38.5 Å². The fraction of sp³-hybridized carbons (Fsp3) is 0.500. The molecule has 1 saturated carbocycles. The largest absolute Gasteiger partial charge is 0.497 e. The molecule has 0 bridgehead atoms. The molecule has 2 fully saturated rings. The van der Waals surface area contributed by atoms with Crippen molar-refractivity contribution >= 4 is 11.4 Å². The zero-order valence-electron chi connectivity index (χ0n) is 8.99. The van der Waals surface area contributed by atoms with Gasteiger partial charge < -0.3 is 15.4 Å². The van der Waals surface area contributed by atoms with E-state index in [1.54, 1.807) is 7.11 Å². The van der Waals surface area contributed by atoms with E-state index in [0.717, 1.165) is 17.1 Å². The molecule has 1 aromatic rings. The van der Waals surface area contributed by atoms with E-state index in [0.29, 0.717) is 5.41 Å². The van der Waals surface area contributed by atoms with Crippen LogP contribution in [0.3, 0.4) is 0 Å². The van der Waals surface area contributed by atoms with Crippen LogP contribution in [0.25, 0.3) is 0 Å². The summed E-state index contributed by atoms with van der Waals surface area (Å²) in [6.07, 6.45) is 2.80. The Kier molecular flexibility index (Phi) is 1.67. The fourth-order valence-electron chi connectivity index (χ4n) is 2.37. The number of rotatable bonds is 2. The first-order valence-corrected chi connectivity index (χ1v) is 5.41. The maximum Gasteiger partial charge on any atom is 0.121 e. The lowest BCUT2D eigenvalue weighted by molar-refractivity contribution is 0.387. The predicted octanol–water partition coefficient (Wildman–Crippen LogP) is 1.88. The molecule has 15 heavy (non-hydrogen) atoms. The summed E-state index contributed by atoms with van der Waals surface area (Å²) in [7, 11) is 1.66. The summed E-state index contributed by atoms with van der Waals surface area (Å²) >= 11 is 0. The summed E-state index contributed by atoms with van der Waals surface area (Å²) < 4.78 is 5.14. The molecule has 1 aromatic carbocycles. The minimum Gasteiger partial charge on any atom is -0.497 e. The van der Waals surface area contributed by atoms with Crippen LogP contribution in [0, 0.1) is 5.41 Å². The Morgan fingerprint density at radius 1 is 1.33 bits per heavy atom. The first-order valence-electron chi connectivity index (χ1n) is 5.41. The van der Waals surface area contributed by atoms with Crippen LogP contribution < -0.4 is 15.4 Å². The predicted molar refractivity (Wildman–Crippen MR) is 61.3 cm³/mol. The third kappa shape index (κ3) is 1.34. The number of anilines is 2. The van der Waals surface area contributed by atoms with Crippen LogP contribution in [0.15, 0.2) is 18.2 Å². The van der Waals surface area contributed by atoms with Crippen LogP contribution in [0.4, 0.5) is 11.4 Å². The van der Waals surface area contributed by atoms with Crippen LogP contribution >= 0.6 is 0 Å². The third-order valence-electron chi connectivity index (χ3n) is 3.59. The van der Waals surface area contributed by atoms with Gasteiger partial charge in [0.05, 0.1) is 18.5 Å². The van der Waals surface area contributed by atoms with Crippen LogP contribution in [0.5, 0.6) is 5.75 Å². The van der Waals surface area contributed by atoms with Crippen molar-refractivity contribution in [3.8, 4) is 5.75 Å². The Morgan fingerprint density at radius 3 is 2.60 bits per heavy atom. The Morgan fingerprint density at radius 2 is 2.07 bits per heavy atom. The van der Waals surface area contributed by atoms with Crippen molar-refractivity contribution in [2.75, 3.05) is 30.8 Å². The zero-order chi connectivity index (χ0) is 10.5. The zero-order valence-corrected chi connectivity index (χ0v) is 8.99. The monoisotopic (exact) mass is 204 g/mol. The second kappa shape index (κ2) is 2.81. The molecule has 0 aromatic heterocycles. The summed E-state index contributed by atoms with van der Waals surface area (Å²) in [4.78, 5) is 2.36. The van der Waals surface area contributed by atoms with Crippen molar-refractivity contribution in [2.24, 2.45) is 5.41 Å². The van der Waals surface area contributed by atoms with Crippen molar-refractivity contribution in [1.29, 1.82) is 0 Å². The molecule has 80 valence electrons. The summed E-state index contributed by atoms with van der Waals surface area (Å²) in [6, 6.07) is 5.93. The molecule has 0 atom stereocenters. The average Bonchev–Trinajstić information content (AvgIpc) is 2.95. The van der Waals surface area contributed by atoms with E-state index in [4.69, 9.17) is 10.5 Å². The van der Waals surface area contributed by atoms with Gasteiger partial charge in [0.25, 0.3) is 0 Å². The van der Waals surface area contributed by atoms with Gasteiger partial charge in [0.1, 0.15) is 5.75 Å². The summed E-state index contributed by atoms with van der Waals surface area (Å²) in [5.74, 6) is 0.831. The smallest absolute Gasteiger partial charge is 0.121 e. The third-order valence-corrected chi connectivity index (χ3v) is 3.59. The number of benzene rings is 1. The molecule has 1 heterocycles. The van der Waals surface area contributed by atoms with Crippen LogP contribution in [0.1, 0.15) is 12.8 Å². The van der Waals surface area contributed by atoms with E-state index >= 15 is 0 Å². The minimum absolute atomic E-state index is 0.673. The lowest BCUT2D eigenvalue weighted by Gasteiger charge is -2.42. The summed E-state index contributed by atoms with van der Waals surface area (Å²) in [5, 5.41) is 0. The maximum absolute atomic E-state index is 5.99. The lowest BCUT2D eigenvalue weighted by Crippen LogP contribution is -2.48. The molecule has 1 aliphatic carbocycles. The summed E-state index contributed by atoms with van der Waals surface area (Å²) in [6.45, 7) is 2.37. The number of ether oxygens (including phenoxy) is 1. The van der Waals surface area contributed by atoms with Crippen LogP contribution in [-0.4, -0.2) is 20.2 Å². The van der Waals surface area contributed by atoms with Gasteiger partial charge in [-0.25, -0.2) is 0 Å². The molecule has 3 heteroatoms. The number of hydrogen-bond acceptors (Lipinski definition) is 3. The van der Waals surface area contributed by atoms with Gasteiger partial charge >= 0.3 is 0 Å². The maximum atomic E-state index is 5.99. The SMILES string of the molecule is COc1ccc(N2CC3(CC3)C2)c(N)c1. The Labute approximate surface area is 89.8 Å². The lowest BCUT2D eigenvalue weighted by atomic mass is 9.96. The second-order valence-electron chi connectivity index (χ2n) is 4.78. The molecule has 0 unspecified atom stereocenters. The number of hydrogen-bond donors (Lipinski definition) is 1. The van der Waals surface area contributed by atoms with Crippen LogP contribution in [0.2, 0.25) is 0 Å². The molecule has 3 nitrogen and oxygen atoms in total. The molecule has 2 aliphatic rings. The second-order valence-corrected chi connectivity index (χ2v) is 4.78. The first-order chi connectivity index (χ1) is 7.22. The van der Waals surface area contributed by atoms with E-state index < -0.39 is 0 Å². The Hall–Kier alpha value is -1.38. The summed E-state index contributed by atoms with van der Waals surface area (Å²) in [5.41, 5.74) is 8.65. The van der Waals surface area contributed by atoms with Crippen LogP contribution in [-0.2, 0) is 0 Å². The van der Waals surface area contributed by atoms with Crippen molar-refractivity contribution in [3.05, 3.63) is 18.2 Å². The van der Waals surface area contributed by atoms with Gasteiger partial charge in [0.15, 0.2) is 0 Å². The number of methoxy groups -OCH3 is 1. The highest BCUT2D eigenvalue weighted by Crippen LogP contribution is 2.54. The van der Waals surface area contributed by atoms with Gasteiger partial charge in [-0.3, -0.25) is 0 Å². The van der Waals surface area contributed by atoms with E-state index in [1.807, 2.05) is 12.1 Å². The highest BCUT2D eigenvalue weighted by atomic mass is 16.5. The standard InChI is InChI=1S/C12H16N2O/c1-15-9-2-3-11(10(13)6-9)14-7-12(8-14)4-5-12/h2-3,6H,4-5,7-8,13H2,1H3. The molecule has 1 saturated heterocycles. The highest BCUT2D eigenvalue weighted by Gasteiger charge is 2.52. The molecule has 3 rings (SSSR count).